The number of nitrogens with one attached hydrogen (secondary N) is 1. The Morgan fingerprint density at radius 1 is 0.978 bits per heavy atom. The zero-order chi connectivity index (χ0) is 32.1. The third-order valence-corrected chi connectivity index (χ3v) is 10.1. The van der Waals surface area contributed by atoms with E-state index >= 15 is 0 Å². The van der Waals surface area contributed by atoms with Gasteiger partial charge >= 0.3 is 0 Å². The summed E-state index contributed by atoms with van der Waals surface area (Å²) in [6.45, 7) is 13.6. The van der Waals surface area contributed by atoms with Crippen LogP contribution in [0, 0.1) is 24.7 Å². The highest BCUT2D eigenvalue weighted by molar-refractivity contribution is 8.00. The number of anilines is 2. The summed E-state index contributed by atoms with van der Waals surface area (Å²) in [5, 5.41) is 0. The van der Waals surface area contributed by atoms with Crippen molar-refractivity contribution in [2.75, 3.05) is 29.3 Å². The van der Waals surface area contributed by atoms with Crippen LogP contribution >= 0.6 is 11.9 Å². The van der Waals surface area contributed by atoms with Crippen LogP contribution < -0.4 is 14.4 Å². The van der Waals surface area contributed by atoms with Gasteiger partial charge in [0, 0.05) is 35.2 Å². The van der Waals surface area contributed by atoms with E-state index < -0.39 is 0 Å². The quantitative estimate of drug-likeness (QED) is 0.222. The van der Waals surface area contributed by atoms with E-state index in [1.165, 1.54) is 11.9 Å². The van der Waals surface area contributed by atoms with Crippen molar-refractivity contribution in [3.8, 4) is 17.1 Å². The van der Waals surface area contributed by atoms with Gasteiger partial charge in [-0.15, -0.1) is 0 Å². The number of ether oxygens (including phenoxy) is 1. The van der Waals surface area contributed by atoms with Crippen LogP contribution in [0.3, 0.4) is 0 Å². The Labute approximate surface area is 275 Å². The standard InChI is InChI=1S/C36H41N7O2S/c1-23-8-6-9-24(2)32(23)29-15-31-40-34(39-29)41-46-28-11-7-10-25(14-28)33(44)43(26(20-45-31)16-36(5)12-13-36)19-30-37-17-27(18-38-30)42-21-35(3,4)22-42/h6-11,14-15,17-18,26H,12-13,16,19-22H2,1-5H3,(H,39,40,41)/t26-/m1/s1. The Morgan fingerprint density at radius 2 is 1.70 bits per heavy atom. The van der Waals surface area contributed by atoms with Crippen molar-refractivity contribution in [3.05, 3.63) is 83.4 Å². The predicted molar refractivity (Wildman–Crippen MR) is 182 cm³/mol. The van der Waals surface area contributed by atoms with Gasteiger partial charge in [-0.1, -0.05) is 45.0 Å². The molecule has 2 aliphatic heterocycles. The molecule has 0 radical (unpaired) electrons. The number of rotatable bonds is 6. The number of hydrogen-bond acceptors (Lipinski definition) is 9. The highest BCUT2D eigenvalue weighted by Gasteiger charge is 2.42. The van der Waals surface area contributed by atoms with Crippen molar-refractivity contribution in [1.82, 2.24) is 24.8 Å². The summed E-state index contributed by atoms with van der Waals surface area (Å²) in [7, 11) is 0. The van der Waals surface area contributed by atoms with Crippen molar-refractivity contribution in [1.29, 1.82) is 0 Å². The maximum atomic E-state index is 14.4. The molecule has 1 saturated carbocycles. The van der Waals surface area contributed by atoms with Crippen molar-refractivity contribution in [2.24, 2.45) is 10.8 Å². The lowest BCUT2D eigenvalue weighted by Crippen LogP contribution is -2.53. The van der Waals surface area contributed by atoms with Crippen molar-refractivity contribution in [3.63, 3.8) is 0 Å². The van der Waals surface area contributed by atoms with Gasteiger partial charge in [-0.05, 0) is 85.2 Å². The molecule has 0 unspecified atom stereocenters. The number of aromatic nitrogens is 4. The summed E-state index contributed by atoms with van der Waals surface area (Å²) >= 11 is 1.37. The molecule has 1 atom stereocenters. The van der Waals surface area contributed by atoms with E-state index in [4.69, 9.17) is 24.7 Å². The number of benzene rings is 2. The fraction of sp³-hybridized carbons (Fsp3) is 0.417. The van der Waals surface area contributed by atoms with Gasteiger partial charge in [-0.25, -0.2) is 15.0 Å². The van der Waals surface area contributed by atoms with Gasteiger partial charge in [0.2, 0.25) is 11.8 Å². The highest BCUT2D eigenvalue weighted by Crippen LogP contribution is 2.49. The summed E-state index contributed by atoms with van der Waals surface area (Å²) in [4.78, 5) is 38.6. The molecule has 3 aliphatic rings. The van der Waals surface area contributed by atoms with E-state index in [1.807, 2.05) is 47.6 Å². The third-order valence-electron chi connectivity index (χ3n) is 9.34. The molecule has 1 N–H and O–H groups in total. The third kappa shape index (κ3) is 6.54. The van der Waals surface area contributed by atoms with E-state index in [0.717, 1.165) is 65.3 Å². The molecule has 1 aliphatic carbocycles. The molecule has 1 saturated heterocycles. The van der Waals surface area contributed by atoms with Crippen molar-refractivity contribution in [2.45, 2.75) is 71.4 Å². The monoisotopic (exact) mass is 635 g/mol. The summed E-state index contributed by atoms with van der Waals surface area (Å²) in [5.41, 5.74) is 6.22. The fourth-order valence-corrected chi connectivity index (χ4v) is 7.20. The number of amides is 1. The molecule has 0 spiro atoms. The highest BCUT2D eigenvalue weighted by atomic mass is 32.2. The number of hydrogen-bond donors (Lipinski definition) is 1. The Balaban J connectivity index is 1.25. The Hall–Kier alpha value is -4.18. The molecule has 10 heteroatoms. The lowest BCUT2D eigenvalue weighted by Gasteiger charge is -2.47. The van der Waals surface area contributed by atoms with Crippen LogP contribution in [0.15, 0.2) is 65.8 Å². The molecule has 238 valence electrons. The molecule has 7 rings (SSSR count). The smallest absolute Gasteiger partial charge is 0.254 e. The van der Waals surface area contributed by atoms with Crippen LogP contribution in [0.4, 0.5) is 11.6 Å². The minimum atomic E-state index is -0.216. The molecule has 4 aromatic rings. The summed E-state index contributed by atoms with van der Waals surface area (Å²) in [5.74, 6) is 1.47. The van der Waals surface area contributed by atoms with E-state index in [1.54, 1.807) is 0 Å². The number of aryl methyl sites for hydroxylation is 2. The fourth-order valence-electron chi connectivity index (χ4n) is 6.56. The van der Waals surface area contributed by atoms with E-state index in [-0.39, 0.29) is 30.5 Å². The van der Waals surface area contributed by atoms with Gasteiger partial charge < -0.3 is 14.5 Å². The van der Waals surface area contributed by atoms with E-state index in [9.17, 15) is 4.79 Å². The van der Waals surface area contributed by atoms with Gasteiger partial charge in [0.15, 0.2) is 0 Å². The summed E-state index contributed by atoms with van der Waals surface area (Å²) in [6.07, 6.45) is 6.85. The number of nitrogens with zero attached hydrogens (tertiary/aromatic N) is 6. The summed E-state index contributed by atoms with van der Waals surface area (Å²) in [6, 6.07) is 15.6. The Bertz CT molecular complexity index is 1740. The van der Waals surface area contributed by atoms with Gasteiger partial charge in [-0.2, -0.15) is 4.98 Å². The first kappa shape index (κ1) is 30.5. The van der Waals surface area contributed by atoms with Gasteiger partial charge in [0.25, 0.3) is 5.91 Å². The molecular weight excluding hydrogens is 595 g/mol. The topological polar surface area (TPSA) is 96.4 Å². The minimum Gasteiger partial charge on any atom is -0.475 e. The SMILES string of the molecule is Cc1cccc(C)c1-c1cc2nc(n1)NSc1cccc(c1)C(=O)N(Cc1ncc(N3CC(C)(C)C3)cn1)[C@H](CC1(C)CC1)CO2. The first-order valence-electron chi connectivity index (χ1n) is 16.0. The average molecular weight is 636 g/mol. The van der Waals surface area contributed by atoms with Crippen LogP contribution in [0.25, 0.3) is 11.3 Å². The Morgan fingerprint density at radius 3 is 2.39 bits per heavy atom. The number of carbonyl (C=O) groups is 1. The molecular formula is C36H41N7O2S. The zero-order valence-electron chi connectivity index (χ0n) is 27.2. The first-order chi connectivity index (χ1) is 22.0. The molecule has 4 heterocycles. The maximum Gasteiger partial charge on any atom is 0.254 e. The average Bonchev–Trinajstić information content (AvgIpc) is 3.76. The normalized spacial score (nSPS) is 19.9. The van der Waals surface area contributed by atoms with Crippen LogP contribution in [0.2, 0.25) is 0 Å². The minimum absolute atomic E-state index is 0.0641. The Kier molecular flexibility index (Phi) is 7.87. The second-order valence-corrected chi connectivity index (χ2v) is 15.1. The second-order valence-electron chi connectivity index (χ2n) is 14.2. The van der Waals surface area contributed by atoms with Gasteiger partial charge in [0.05, 0.1) is 36.4 Å². The molecule has 46 heavy (non-hydrogen) atoms. The van der Waals surface area contributed by atoms with E-state index in [2.05, 4.69) is 62.4 Å². The largest absolute Gasteiger partial charge is 0.475 e. The number of fused-ring (bicyclic) bond motifs is 4. The summed E-state index contributed by atoms with van der Waals surface area (Å²) < 4.78 is 9.81. The van der Waals surface area contributed by atoms with Crippen LogP contribution in [0.1, 0.15) is 67.3 Å². The lowest BCUT2D eigenvalue weighted by atomic mass is 9.84. The molecule has 4 bridgehead atoms. The lowest BCUT2D eigenvalue weighted by molar-refractivity contribution is 0.0533. The van der Waals surface area contributed by atoms with Crippen molar-refractivity contribution < 1.29 is 9.53 Å². The van der Waals surface area contributed by atoms with Crippen LogP contribution in [-0.4, -0.2) is 56.5 Å². The van der Waals surface area contributed by atoms with Crippen molar-refractivity contribution >= 4 is 29.5 Å². The van der Waals surface area contributed by atoms with E-state index in [0.29, 0.717) is 28.6 Å². The maximum absolute atomic E-state index is 14.4. The van der Waals surface area contributed by atoms with Crippen LogP contribution in [0.5, 0.6) is 5.88 Å². The molecule has 1 amide bonds. The number of carbonyl (C=O) groups excluding carboxylic acids is 1. The molecule has 2 aromatic heterocycles. The molecule has 2 fully saturated rings. The predicted octanol–water partition coefficient (Wildman–Crippen LogP) is 7.11. The van der Waals surface area contributed by atoms with Crippen LogP contribution in [-0.2, 0) is 6.54 Å². The van der Waals surface area contributed by atoms with Gasteiger partial charge in [0.1, 0.15) is 12.4 Å². The second kappa shape index (κ2) is 11.9. The molecule has 9 nitrogen and oxygen atoms in total. The first-order valence-corrected chi connectivity index (χ1v) is 16.8. The zero-order valence-corrected chi connectivity index (χ0v) is 28.0. The van der Waals surface area contributed by atoms with Gasteiger partial charge in [-0.3, -0.25) is 9.52 Å². The molecule has 2 aromatic carbocycles.